The minimum atomic E-state index is -3.82. The molecule has 1 N–H and O–H groups in total. The van der Waals surface area contributed by atoms with Gasteiger partial charge in [0.1, 0.15) is 5.82 Å². The first-order valence-corrected chi connectivity index (χ1v) is 10.9. The van der Waals surface area contributed by atoms with Crippen molar-refractivity contribution in [1.82, 2.24) is 4.72 Å². The summed E-state index contributed by atoms with van der Waals surface area (Å²) in [6.07, 6.45) is 0. The van der Waals surface area contributed by atoms with E-state index in [1.165, 1.54) is 6.07 Å². The zero-order valence-corrected chi connectivity index (χ0v) is 17.2. The Balaban J connectivity index is 1.78. The fourth-order valence-corrected chi connectivity index (χ4v) is 4.31. The molecule has 0 aliphatic rings. The van der Waals surface area contributed by atoms with Crippen molar-refractivity contribution in [3.8, 4) is 11.1 Å². The number of benzene rings is 3. The van der Waals surface area contributed by atoms with Gasteiger partial charge in [0.25, 0.3) is 0 Å². The van der Waals surface area contributed by atoms with Gasteiger partial charge < -0.3 is 0 Å². The molecule has 0 radical (unpaired) electrons. The molecule has 0 amide bonds. The Morgan fingerprint density at radius 2 is 1.66 bits per heavy atom. The van der Waals surface area contributed by atoms with E-state index in [1.807, 2.05) is 30.3 Å². The highest BCUT2D eigenvalue weighted by Gasteiger charge is 2.19. The van der Waals surface area contributed by atoms with Crippen molar-refractivity contribution in [2.75, 3.05) is 6.54 Å². The van der Waals surface area contributed by atoms with Crippen LogP contribution in [0.3, 0.4) is 0 Å². The van der Waals surface area contributed by atoms with E-state index in [0.29, 0.717) is 21.7 Å². The van der Waals surface area contributed by atoms with Crippen molar-refractivity contribution < 1.29 is 17.6 Å². The van der Waals surface area contributed by atoms with E-state index < -0.39 is 28.2 Å². The lowest BCUT2D eigenvalue weighted by atomic mass is 9.98. The van der Waals surface area contributed by atoms with Crippen molar-refractivity contribution in [3.05, 3.63) is 94.3 Å². The fraction of sp³-hybridized carbons (Fsp3) is 0.136. The molecule has 0 heterocycles. The predicted octanol–water partition coefficient (Wildman–Crippen LogP) is 4.76. The first-order valence-electron chi connectivity index (χ1n) is 8.86. The van der Waals surface area contributed by atoms with Crippen LogP contribution in [0, 0.1) is 12.7 Å². The van der Waals surface area contributed by atoms with Gasteiger partial charge >= 0.3 is 0 Å². The molecule has 0 aromatic heterocycles. The number of ketones is 1. The maximum absolute atomic E-state index is 14.6. The lowest BCUT2D eigenvalue weighted by Gasteiger charge is -2.11. The molecule has 150 valence electrons. The topological polar surface area (TPSA) is 63.2 Å². The number of sulfonamides is 1. The lowest BCUT2D eigenvalue weighted by molar-refractivity contribution is 0.0993. The maximum Gasteiger partial charge on any atom is 0.216 e. The van der Waals surface area contributed by atoms with Crippen molar-refractivity contribution in [3.63, 3.8) is 0 Å². The first kappa shape index (κ1) is 21.2. The summed E-state index contributed by atoms with van der Waals surface area (Å²) in [5.41, 5.74) is 2.11. The second kappa shape index (κ2) is 8.86. The molecule has 3 aromatic carbocycles. The molecule has 0 saturated carbocycles. The Bertz CT molecular complexity index is 1150. The summed E-state index contributed by atoms with van der Waals surface area (Å²) in [5.74, 6) is -1.67. The van der Waals surface area contributed by atoms with Gasteiger partial charge in [-0.1, -0.05) is 60.1 Å². The second-order valence-corrected chi connectivity index (χ2v) is 8.83. The summed E-state index contributed by atoms with van der Waals surface area (Å²) in [6.45, 7) is 1.03. The van der Waals surface area contributed by atoms with Gasteiger partial charge in [-0.05, 0) is 47.4 Å². The van der Waals surface area contributed by atoms with Gasteiger partial charge in [0.15, 0.2) is 5.78 Å². The minimum Gasteiger partial charge on any atom is -0.293 e. The molecule has 7 heteroatoms. The SMILES string of the molecule is Cc1cc(-c2ccccc2)cc(C(=O)CNS(=O)(=O)Cc2ccccc2Cl)c1F. The largest absolute Gasteiger partial charge is 0.293 e. The molecular formula is C22H19ClFNO3S. The number of aryl methyl sites for hydroxylation is 1. The maximum atomic E-state index is 14.6. The molecule has 0 saturated heterocycles. The average Bonchev–Trinajstić information content (AvgIpc) is 2.70. The van der Waals surface area contributed by atoms with Gasteiger partial charge in [-0.25, -0.2) is 17.5 Å². The standard InChI is InChI=1S/C22H19ClFNO3S/c1-15-11-18(16-7-3-2-4-8-16)12-19(22(15)24)21(26)13-25-29(27,28)14-17-9-5-6-10-20(17)23/h2-12,25H,13-14H2,1H3. The number of hydrogen-bond acceptors (Lipinski definition) is 3. The molecule has 29 heavy (non-hydrogen) atoms. The molecule has 4 nitrogen and oxygen atoms in total. The van der Waals surface area contributed by atoms with Crippen LogP contribution in [-0.2, 0) is 15.8 Å². The van der Waals surface area contributed by atoms with E-state index in [0.717, 1.165) is 5.56 Å². The van der Waals surface area contributed by atoms with Gasteiger partial charge in [0, 0.05) is 5.02 Å². The van der Waals surface area contributed by atoms with Crippen LogP contribution in [0.1, 0.15) is 21.5 Å². The predicted molar refractivity (Wildman–Crippen MR) is 113 cm³/mol. The van der Waals surface area contributed by atoms with E-state index >= 15 is 0 Å². The van der Waals surface area contributed by atoms with Crippen LogP contribution in [0.2, 0.25) is 5.02 Å². The number of carbonyl (C=O) groups is 1. The van der Waals surface area contributed by atoms with Crippen molar-refractivity contribution in [2.24, 2.45) is 0 Å². The highest BCUT2D eigenvalue weighted by atomic mass is 35.5. The number of Topliss-reactive ketones (excluding diaryl/α,β-unsaturated/α-hetero) is 1. The van der Waals surface area contributed by atoms with E-state index in [9.17, 15) is 17.6 Å². The highest BCUT2D eigenvalue weighted by Crippen LogP contribution is 2.25. The van der Waals surface area contributed by atoms with Gasteiger partial charge in [-0.3, -0.25) is 4.79 Å². The van der Waals surface area contributed by atoms with Crippen molar-refractivity contribution in [1.29, 1.82) is 0 Å². The van der Waals surface area contributed by atoms with Crippen molar-refractivity contribution >= 4 is 27.4 Å². The Morgan fingerprint density at radius 1 is 1.00 bits per heavy atom. The third-order valence-corrected chi connectivity index (χ3v) is 6.06. The van der Waals surface area contributed by atoms with Crippen LogP contribution >= 0.6 is 11.6 Å². The van der Waals surface area contributed by atoms with Gasteiger partial charge in [0.05, 0.1) is 17.9 Å². The van der Waals surface area contributed by atoms with Crippen LogP contribution in [0.5, 0.6) is 0 Å². The molecule has 0 spiro atoms. The lowest BCUT2D eigenvalue weighted by Crippen LogP contribution is -2.31. The molecule has 3 aromatic rings. The summed E-state index contributed by atoms with van der Waals surface area (Å²) < 4.78 is 41.4. The number of hydrogen-bond donors (Lipinski definition) is 1. The van der Waals surface area contributed by atoms with E-state index in [-0.39, 0.29) is 11.3 Å². The summed E-state index contributed by atoms with van der Waals surface area (Å²) >= 11 is 5.99. The first-order chi connectivity index (χ1) is 13.8. The molecule has 0 aliphatic heterocycles. The number of carbonyl (C=O) groups excluding carboxylic acids is 1. The summed E-state index contributed by atoms with van der Waals surface area (Å²) in [5, 5.41) is 0.321. The third-order valence-electron chi connectivity index (χ3n) is 4.42. The molecule has 0 fully saturated rings. The summed E-state index contributed by atoms with van der Waals surface area (Å²) in [7, 11) is -3.82. The van der Waals surface area contributed by atoms with Crippen LogP contribution in [0.4, 0.5) is 4.39 Å². The zero-order valence-electron chi connectivity index (χ0n) is 15.7. The highest BCUT2D eigenvalue weighted by molar-refractivity contribution is 7.88. The number of rotatable bonds is 7. The van der Waals surface area contributed by atoms with Gasteiger partial charge in [-0.15, -0.1) is 0 Å². The molecule has 0 bridgehead atoms. The Labute approximate surface area is 174 Å². The van der Waals surface area contributed by atoms with Crippen LogP contribution in [0.25, 0.3) is 11.1 Å². The van der Waals surface area contributed by atoms with Gasteiger partial charge in [-0.2, -0.15) is 0 Å². The minimum absolute atomic E-state index is 0.149. The quantitative estimate of drug-likeness (QED) is 0.549. The average molecular weight is 432 g/mol. The van der Waals surface area contributed by atoms with Crippen LogP contribution in [-0.4, -0.2) is 20.7 Å². The summed E-state index contributed by atoms with van der Waals surface area (Å²) in [4.78, 5) is 12.6. The van der Waals surface area contributed by atoms with E-state index in [1.54, 1.807) is 37.3 Å². The van der Waals surface area contributed by atoms with E-state index in [2.05, 4.69) is 4.72 Å². The second-order valence-electron chi connectivity index (χ2n) is 6.62. The molecule has 0 unspecified atom stereocenters. The fourth-order valence-electron chi connectivity index (χ4n) is 2.91. The smallest absolute Gasteiger partial charge is 0.216 e. The Hall–Kier alpha value is -2.54. The van der Waals surface area contributed by atoms with E-state index in [4.69, 9.17) is 11.6 Å². The Morgan fingerprint density at radius 3 is 2.34 bits per heavy atom. The zero-order chi connectivity index (χ0) is 21.0. The normalized spacial score (nSPS) is 11.4. The third kappa shape index (κ3) is 5.29. The van der Waals surface area contributed by atoms with Crippen LogP contribution in [0.15, 0.2) is 66.7 Å². The van der Waals surface area contributed by atoms with Gasteiger partial charge in [0.2, 0.25) is 10.0 Å². The molecule has 0 atom stereocenters. The number of nitrogens with one attached hydrogen (secondary N) is 1. The van der Waals surface area contributed by atoms with Crippen molar-refractivity contribution in [2.45, 2.75) is 12.7 Å². The monoisotopic (exact) mass is 431 g/mol. The molecule has 0 aliphatic carbocycles. The van der Waals surface area contributed by atoms with Crippen LogP contribution < -0.4 is 4.72 Å². The number of halogens is 2. The summed E-state index contributed by atoms with van der Waals surface area (Å²) in [6, 6.07) is 18.9. The molecule has 3 rings (SSSR count). The molecular weight excluding hydrogens is 413 g/mol. The Kier molecular flexibility index (Phi) is 6.47.